The van der Waals surface area contributed by atoms with Crippen molar-refractivity contribution in [2.45, 2.75) is 29.0 Å². The summed E-state index contributed by atoms with van der Waals surface area (Å²) in [6.45, 7) is 0.516. The van der Waals surface area contributed by atoms with Crippen molar-refractivity contribution in [1.29, 1.82) is 0 Å². The monoisotopic (exact) mass is 270 g/mol. The molecule has 2 fully saturated rings. The fraction of sp³-hybridized carbons (Fsp3) is 0.417. The minimum atomic E-state index is -0.609. The molecule has 3 atom stereocenters. The van der Waals surface area contributed by atoms with Gasteiger partial charge in [-0.3, -0.25) is 4.79 Å². The molecular weight excluding hydrogens is 260 g/mol. The summed E-state index contributed by atoms with van der Waals surface area (Å²) in [5, 5.41) is 0.858. The molecule has 1 aromatic rings. The summed E-state index contributed by atoms with van der Waals surface area (Å²) >= 11 is 7.48. The third-order valence-corrected chi connectivity index (χ3v) is 4.46. The van der Waals surface area contributed by atoms with Crippen LogP contribution in [-0.2, 0) is 14.3 Å². The SMILES string of the molecule is O=C1C[C@H](Sc2ccc(Cl)cc2)[C@H]2CO[C@@H]1O2. The first-order valence-electron chi connectivity index (χ1n) is 5.44. The van der Waals surface area contributed by atoms with Crippen LogP contribution in [0.5, 0.6) is 0 Å². The molecule has 2 aliphatic rings. The van der Waals surface area contributed by atoms with Crippen molar-refractivity contribution in [2.75, 3.05) is 6.61 Å². The van der Waals surface area contributed by atoms with E-state index in [1.807, 2.05) is 24.3 Å². The molecule has 0 aromatic heterocycles. The van der Waals surface area contributed by atoms with Crippen molar-refractivity contribution in [2.24, 2.45) is 0 Å². The second-order valence-corrected chi connectivity index (χ2v) is 5.87. The largest absolute Gasteiger partial charge is 0.343 e. The van der Waals surface area contributed by atoms with E-state index in [-0.39, 0.29) is 17.1 Å². The van der Waals surface area contributed by atoms with Crippen LogP contribution in [-0.4, -0.2) is 30.0 Å². The zero-order valence-electron chi connectivity index (χ0n) is 8.97. The highest BCUT2D eigenvalue weighted by Crippen LogP contribution is 2.36. The highest BCUT2D eigenvalue weighted by Gasteiger charge is 2.43. The van der Waals surface area contributed by atoms with Crippen LogP contribution in [0.2, 0.25) is 5.02 Å². The highest BCUT2D eigenvalue weighted by molar-refractivity contribution is 8.00. The Bertz CT molecular complexity index is 434. The molecule has 2 saturated heterocycles. The van der Waals surface area contributed by atoms with Crippen molar-refractivity contribution < 1.29 is 14.3 Å². The zero-order chi connectivity index (χ0) is 11.8. The van der Waals surface area contributed by atoms with Crippen molar-refractivity contribution >= 4 is 29.1 Å². The van der Waals surface area contributed by atoms with E-state index >= 15 is 0 Å². The van der Waals surface area contributed by atoms with Gasteiger partial charge in [0.1, 0.15) is 0 Å². The van der Waals surface area contributed by atoms with Gasteiger partial charge < -0.3 is 9.47 Å². The lowest BCUT2D eigenvalue weighted by atomic mass is 10.1. The van der Waals surface area contributed by atoms with Gasteiger partial charge in [-0.1, -0.05) is 11.6 Å². The van der Waals surface area contributed by atoms with Gasteiger partial charge in [-0.2, -0.15) is 0 Å². The second-order valence-electron chi connectivity index (χ2n) is 4.12. The van der Waals surface area contributed by atoms with Crippen LogP contribution < -0.4 is 0 Å². The lowest BCUT2D eigenvalue weighted by Gasteiger charge is -2.25. The predicted octanol–water partition coefficient (Wildman–Crippen LogP) is 2.52. The molecular formula is C12H11ClO3S. The van der Waals surface area contributed by atoms with Gasteiger partial charge in [0.05, 0.1) is 12.7 Å². The molecule has 3 nitrogen and oxygen atoms in total. The molecule has 17 heavy (non-hydrogen) atoms. The van der Waals surface area contributed by atoms with Crippen molar-refractivity contribution in [3.63, 3.8) is 0 Å². The Hall–Kier alpha value is -0.550. The average Bonchev–Trinajstić information content (AvgIpc) is 2.75. The Kier molecular flexibility index (Phi) is 3.13. The average molecular weight is 271 g/mol. The molecule has 0 unspecified atom stereocenters. The predicted molar refractivity (Wildman–Crippen MR) is 65.3 cm³/mol. The van der Waals surface area contributed by atoms with Crippen LogP contribution in [0.25, 0.3) is 0 Å². The molecule has 0 amide bonds. The number of hydrogen-bond donors (Lipinski definition) is 0. The normalized spacial score (nSPS) is 31.8. The van der Waals surface area contributed by atoms with Crippen LogP contribution in [0.4, 0.5) is 0 Å². The van der Waals surface area contributed by atoms with Gasteiger partial charge >= 0.3 is 0 Å². The number of rotatable bonds is 2. The number of Topliss-reactive ketones (excluding diaryl/α,β-unsaturated/α-hetero) is 1. The van der Waals surface area contributed by atoms with E-state index < -0.39 is 6.29 Å². The molecule has 1 aromatic carbocycles. The number of carbonyl (C=O) groups is 1. The summed E-state index contributed by atoms with van der Waals surface area (Å²) in [4.78, 5) is 12.7. The molecule has 2 bridgehead atoms. The number of thioether (sulfide) groups is 1. The minimum Gasteiger partial charge on any atom is -0.343 e. The fourth-order valence-electron chi connectivity index (χ4n) is 2.01. The molecule has 0 N–H and O–H groups in total. The topological polar surface area (TPSA) is 35.5 Å². The van der Waals surface area contributed by atoms with E-state index in [1.165, 1.54) is 0 Å². The molecule has 90 valence electrons. The summed E-state index contributed by atoms with van der Waals surface area (Å²) in [6.07, 6.45) is -0.0664. The van der Waals surface area contributed by atoms with E-state index in [0.717, 1.165) is 9.92 Å². The molecule has 2 aliphatic heterocycles. The standard InChI is InChI=1S/C12H11ClO3S/c13-7-1-3-8(4-2-7)17-11-5-9(14)12-15-6-10(11)16-12/h1-4,10-12H,5-6H2/t10-,11+,12-/m1/s1. The van der Waals surface area contributed by atoms with Gasteiger partial charge in [-0.15, -0.1) is 11.8 Å². The number of hydrogen-bond acceptors (Lipinski definition) is 4. The summed E-state index contributed by atoms with van der Waals surface area (Å²) < 4.78 is 10.8. The maximum absolute atomic E-state index is 11.6. The quantitative estimate of drug-likeness (QED) is 0.827. The van der Waals surface area contributed by atoms with Gasteiger partial charge in [-0.05, 0) is 24.3 Å². The van der Waals surface area contributed by atoms with Gasteiger partial charge in [0.25, 0.3) is 0 Å². The van der Waals surface area contributed by atoms with E-state index in [1.54, 1.807) is 11.8 Å². The van der Waals surface area contributed by atoms with E-state index in [2.05, 4.69) is 0 Å². The van der Waals surface area contributed by atoms with Crippen LogP contribution in [0.1, 0.15) is 6.42 Å². The lowest BCUT2D eigenvalue weighted by molar-refractivity contribution is -0.151. The fourth-order valence-corrected chi connectivity index (χ4v) is 3.33. The number of carbonyl (C=O) groups excluding carboxylic acids is 1. The summed E-state index contributed by atoms with van der Waals surface area (Å²) in [5.41, 5.74) is 0. The Balaban J connectivity index is 1.72. The third kappa shape index (κ3) is 2.36. The first kappa shape index (κ1) is 11.5. The number of halogens is 1. The molecule has 0 saturated carbocycles. The van der Waals surface area contributed by atoms with Crippen LogP contribution in [0.3, 0.4) is 0 Å². The van der Waals surface area contributed by atoms with E-state index in [4.69, 9.17) is 21.1 Å². The van der Waals surface area contributed by atoms with Crippen LogP contribution >= 0.6 is 23.4 Å². The van der Waals surface area contributed by atoms with Gasteiger partial charge in [-0.25, -0.2) is 0 Å². The van der Waals surface area contributed by atoms with Crippen LogP contribution in [0.15, 0.2) is 29.2 Å². The van der Waals surface area contributed by atoms with Gasteiger partial charge in [0, 0.05) is 21.6 Å². The van der Waals surface area contributed by atoms with Crippen molar-refractivity contribution in [3.8, 4) is 0 Å². The first-order chi connectivity index (χ1) is 8.22. The first-order valence-corrected chi connectivity index (χ1v) is 6.70. The lowest BCUT2D eigenvalue weighted by Crippen LogP contribution is -2.37. The number of ketones is 1. The zero-order valence-corrected chi connectivity index (χ0v) is 10.5. The Morgan fingerprint density at radius 2 is 2.06 bits per heavy atom. The molecule has 5 heteroatoms. The molecule has 0 radical (unpaired) electrons. The molecule has 0 aliphatic carbocycles. The maximum Gasteiger partial charge on any atom is 0.218 e. The summed E-state index contributed by atoms with van der Waals surface area (Å²) in [6, 6.07) is 7.62. The van der Waals surface area contributed by atoms with Crippen LogP contribution in [0, 0.1) is 0 Å². The maximum atomic E-state index is 11.6. The minimum absolute atomic E-state index is 0.0263. The van der Waals surface area contributed by atoms with E-state index in [9.17, 15) is 4.79 Å². The van der Waals surface area contributed by atoms with E-state index in [0.29, 0.717) is 13.0 Å². The van der Waals surface area contributed by atoms with Crippen molar-refractivity contribution in [3.05, 3.63) is 29.3 Å². The summed E-state index contributed by atoms with van der Waals surface area (Å²) in [5.74, 6) is 0.0465. The molecule has 3 rings (SSSR count). The smallest absolute Gasteiger partial charge is 0.218 e. The van der Waals surface area contributed by atoms with Gasteiger partial charge in [0.15, 0.2) is 5.78 Å². The highest BCUT2D eigenvalue weighted by atomic mass is 35.5. The summed E-state index contributed by atoms with van der Waals surface area (Å²) in [7, 11) is 0. The number of benzene rings is 1. The number of fused-ring (bicyclic) bond motifs is 2. The van der Waals surface area contributed by atoms with Gasteiger partial charge in [0.2, 0.25) is 6.29 Å². The Morgan fingerprint density at radius 1 is 1.29 bits per heavy atom. The number of ether oxygens (including phenoxy) is 2. The Labute approximate surface area is 108 Å². The molecule has 2 heterocycles. The second kappa shape index (κ2) is 4.61. The third-order valence-electron chi connectivity index (χ3n) is 2.89. The Morgan fingerprint density at radius 3 is 2.82 bits per heavy atom. The molecule has 0 spiro atoms. The van der Waals surface area contributed by atoms with Crippen molar-refractivity contribution in [1.82, 2.24) is 0 Å².